The van der Waals surface area contributed by atoms with Crippen molar-refractivity contribution in [3.63, 3.8) is 0 Å². The van der Waals surface area contributed by atoms with Gasteiger partial charge < -0.3 is 4.90 Å². The fraction of sp³-hybridized carbons (Fsp3) is 0.600. The van der Waals surface area contributed by atoms with Crippen molar-refractivity contribution in [3.8, 4) is 0 Å². The Labute approximate surface area is 123 Å². The fourth-order valence-corrected chi connectivity index (χ4v) is 3.40. The highest BCUT2D eigenvalue weighted by Gasteiger charge is 2.29. The molecule has 1 aromatic rings. The Morgan fingerprint density at radius 2 is 1.90 bits per heavy atom. The van der Waals surface area contributed by atoms with Gasteiger partial charge in [0.15, 0.2) is 0 Å². The van der Waals surface area contributed by atoms with Crippen molar-refractivity contribution >= 4 is 11.4 Å². The van der Waals surface area contributed by atoms with Crippen LogP contribution in [0.25, 0.3) is 0 Å². The van der Waals surface area contributed by atoms with Gasteiger partial charge in [-0.25, -0.2) is 4.39 Å². The minimum atomic E-state index is -0.541. The molecule has 5 nitrogen and oxygen atoms in total. The highest BCUT2D eigenvalue weighted by Crippen LogP contribution is 2.28. The van der Waals surface area contributed by atoms with Gasteiger partial charge in [0.25, 0.3) is 5.69 Å². The summed E-state index contributed by atoms with van der Waals surface area (Å²) in [6.07, 6.45) is 4.86. The van der Waals surface area contributed by atoms with Crippen LogP contribution < -0.4 is 4.90 Å². The number of likely N-dealkylation sites (tertiary alicyclic amines) is 1. The van der Waals surface area contributed by atoms with Gasteiger partial charge in [0, 0.05) is 30.9 Å². The fourth-order valence-electron chi connectivity index (χ4n) is 3.40. The SMILES string of the molecule is O=[N+]([O-])c1cc(F)cc(N2CCC(N3CCCCC3)C2)c1. The van der Waals surface area contributed by atoms with E-state index in [9.17, 15) is 14.5 Å². The predicted octanol–water partition coefficient (Wildman–Crippen LogP) is 2.80. The Balaban J connectivity index is 1.72. The first-order valence-corrected chi connectivity index (χ1v) is 7.57. The first-order valence-electron chi connectivity index (χ1n) is 7.57. The minimum absolute atomic E-state index is 0.175. The van der Waals surface area contributed by atoms with Gasteiger partial charge in [-0.05, 0) is 38.4 Å². The first kappa shape index (κ1) is 14.3. The lowest BCUT2D eigenvalue weighted by Gasteiger charge is -2.32. The van der Waals surface area contributed by atoms with Crippen molar-refractivity contribution < 1.29 is 9.31 Å². The van der Waals surface area contributed by atoms with Crippen LogP contribution in [0, 0.1) is 15.9 Å². The molecule has 1 unspecified atom stereocenters. The number of nitrogens with zero attached hydrogens (tertiary/aromatic N) is 3. The molecule has 114 valence electrons. The van der Waals surface area contributed by atoms with E-state index >= 15 is 0 Å². The average Bonchev–Trinajstić information content (AvgIpc) is 2.97. The molecule has 6 heteroatoms. The molecule has 0 radical (unpaired) electrons. The molecule has 0 N–H and O–H groups in total. The molecule has 0 saturated carbocycles. The number of halogens is 1. The number of hydrogen-bond donors (Lipinski definition) is 0. The molecule has 2 fully saturated rings. The summed E-state index contributed by atoms with van der Waals surface area (Å²) in [4.78, 5) is 14.9. The van der Waals surface area contributed by atoms with Gasteiger partial charge in [0.1, 0.15) is 5.82 Å². The number of hydrogen-bond acceptors (Lipinski definition) is 4. The molecular formula is C15H20FN3O2. The van der Waals surface area contributed by atoms with Gasteiger partial charge in [-0.2, -0.15) is 0 Å². The monoisotopic (exact) mass is 293 g/mol. The van der Waals surface area contributed by atoms with Crippen LogP contribution in [-0.4, -0.2) is 42.0 Å². The zero-order chi connectivity index (χ0) is 14.8. The summed E-state index contributed by atoms with van der Waals surface area (Å²) in [5, 5.41) is 10.8. The zero-order valence-corrected chi connectivity index (χ0v) is 12.0. The molecule has 2 aliphatic rings. The van der Waals surface area contributed by atoms with Crippen LogP contribution in [0.3, 0.4) is 0 Å². The summed E-state index contributed by atoms with van der Waals surface area (Å²) in [5.74, 6) is -0.541. The van der Waals surface area contributed by atoms with Crippen LogP contribution in [0.4, 0.5) is 15.8 Å². The number of nitro groups is 1. The van der Waals surface area contributed by atoms with Crippen molar-refractivity contribution in [3.05, 3.63) is 34.1 Å². The van der Waals surface area contributed by atoms with Crippen molar-refractivity contribution in [1.82, 2.24) is 4.90 Å². The van der Waals surface area contributed by atoms with E-state index < -0.39 is 10.7 Å². The maximum atomic E-state index is 13.6. The summed E-state index contributed by atoms with van der Waals surface area (Å²) in [7, 11) is 0. The van der Waals surface area contributed by atoms with Crippen LogP contribution in [0.15, 0.2) is 18.2 Å². The first-order chi connectivity index (χ1) is 10.1. The summed E-state index contributed by atoms with van der Waals surface area (Å²) in [6, 6.07) is 4.34. The molecule has 2 aliphatic heterocycles. The molecule has 0 bridgehead atoms. The summed E-state index contributed by atoms with van der Waals surface area (Å²) in [5.41, 5.74) is 0.452. The Morgan fingerprint density at radius 3 is 2.62 bits per heavy atom. The van der Waals surface area contributed by atoms with E-state index in [0.29, 0.717) is 11.7 Å². The molecule has 1 aromatic carbocycles. The van der Waals surface area contributed by atoms with E-state index in [-0.39, 0.29) is 5.69 Å². The van der Waals surface area contributed by atoms with Crippen LogP contribution in [0.5, 0.6) is 0 Å². The van der Waals surface area contributed by atoms with Gasteiger partial charge in [0.05, 0.1) is 11.0 Å². The Bertz CT molecular complexity index is 532. The number of anilines is 1. The normalized spacial score (nSPS) is 23.5. The van der Waals surface area contributed by atoms with Gasteiger partial charge in [0.2, 0.25) is 0 Å². The summed E-state index contributed by atoms with van der Waals surface area (Å²) in [6.45, 7) is 3.95. The molecule has 1 atom stereocenters. The second-order valence-corrected chi connectivity index (χ2v) is 5.91. The second-order valence-electron chi connectivity index (χ2n) is 5.91. The Kier molecular flexibility index (Phi) is 4.05. The van der Waals surface area contributed by atoms with Crippen molar-refractivity contribution in [2.24, 2.45) is 0 Å². The number of non-ortho nitro benzene ring substituents is 1. The molecule has 0 spiro atoms. The lowest BCUT2D eigenvalue weighted by atomic mass is 10.1. The molecular weight excluding hydrogens is 273 g/mol. The van der Waals surface area contributed by atoms with Crippen LogP contribution in [-0.2, 0) is 0 Å². The van der Waals surface area contributed by atoms with E-state index in [2.05, 4.69) is 9.80 Å². The summed E-state index contributed by atoms with van der Waals surface area (Å²) < 4.78 is 13.6. The van der Waals surface area contributed by atoms with Crippen molar-refractivity contribution in [1.29, 1.82) is 0 Å². The van der Waals surface area contributed by atoms with Gasteiger partial charge in [-0.15, -0.1) is 0 Å². The van der Waals surface area contributed by atoms with Crippen molar-refractivity contribution in [2.75, 3.05) is 31.1 Å². The average molecular weight is 293 g/mol. The van der Waals surface area contributed by atoms with Gasteiger partial charge >= 0.3 is 0 Å². The topological polar surface area (TPSA) is 49.6 Å². The standard InChI is InChI=1S/C15H20FN3O2/c16-12-8-14(10-15(9-12)19(20)21)18-7-4-13(11-18)17-5-2-1-3-6-17/h8-10,13H,1-7,11H2. The molecule has 0 aromatic heterocycles. The summed E-state index contributed by atoms with van der Waals surface area (Å²) >= 11 is 0. The lowest BCUT2D eigenvalue weighted by molar-refractivity contribution is -0.385. The smallest absolute Gasteiger partial charge is 0.274 e. The van der Waals surface area contributed by atoms with Crippen molar-refractivity contribution in [2.45, 2.75) is 31.7 Å². The number of benzene rings is 1. The van der Waals surface area contributed by atoms with E-state index in [1.165, 1.54) is 31.4 Å². The third kappa shape index (κ3) is 3.15. The predicted molar refractivity (Wildman–Crippen MR) is 79.1 cm³/mol. The molecule has 0 amide bonds. The molecule has 21 heavy (non-hydrogen) atoms. The highest BCUT2D eigenvalue weighted by molar-refractivity contribution is 5.54. The molecule has 3 rings (SSSR count). The zero-order valence-electron chi connectivity index (χ0n) is 12.0. The highest BCUT2D eigenvalue weighted by atomic mass is 19.1. The number of piperidine rings is 1. The lowest BCUT2D eigenvalue weighted by Crippen LogP contribution is -2.40. The molecule has 2 saturated heterocycles. The number of rotatable bonds is 3. The van der Waals surface area contributed by atoms with Gasteiger partial charge in [-0.1, -0.05) is 6.42 Å². The Hall–Kier alpha value is -1.69. The maximum absolute atomic E-state index is 13.6. The van der Waals surface area contributed by atoms with E-state index in [1.807, 2.05) is 0 Å². The minimum Gasteiger partial charge on any atom is -0.370 e. The molecule has 2 heterocycles. The Morgan fingerprint density at radius 1 is 1.14 bits per heavy atom. The second kappa shape index (κ2) is 5.97. The third-order valence-corrected chi connectivity index (χ3v) is 4.51. The van der Waals surface area contributed by atoms with Crippen LogP contribution >= 0.6 is 0 Å². The molecule has 0 aliphatic carbocycles. The van der Waals surface area contributed by atoms with Crippen LogP contribution in [0.2, 0.25) is 0 Å². The quantitative estimate of drug-likeness (QED) is 0.635. The largest absolute Gasteiger partial charge is 0.370 e. The number of nitro benzene ring substituents is 1. The van der Waals surface area contributed by atoms with E-state index in [1.54, 1.807) is 0 Å². The van der Waals surface area contributed by atoms with Crippen LogP contribution in [0.1, 0.15) is 25.7 Å². The van der Waals surface area contributed by atoms with Gasteiger partial charge in [-0.3, -0.25) is 15.0 Å². The van der Waals surface area contributed by atoms with E-state index in [4.69, 9.17) is 0 Å². The maximum Gasteiger partial charge on any atom is 0.274 e. The van der Waals surface area contributed by atoms with E-state index in [0.717, 1.165) is 38.7 Å². The third-order valence-electron chi connectivity index (χ3n) is 4.51.